The van der Waals surface area contributed by atoms with Crippen LogP contribution in [-0.2, 0) is 13.1 Å². The maximum Gasteiger partial charge on any atom is 0.191 e. The molecule has 5 nitrogen and oxygen atoms in total. The van der Waals surface area contributed by atoms with Crippen molar-refractivity contribution in [2.24, 2.45) is 4.99 Å². The Bertz CT molecular complexity index is 664. The van der Waals surface area contributed by atoms with Crippen molar-refractivity contribution >= 4 is 29.9 Å². The molecule has 0 amide bonds. The van der Waals surface area contributed by atoms with E-state index >= 15 is 0 Å². The standard InChI is InChI=1S/C19H29N5.HI/c1-5-12-21-19(20-6-2)22-13-18-15(3)23-24(16(18)4)14-17-10-8-7-9-11-17;/h7-11H,5-6,12-14H2,1-4H3,(H2,20,21,22);1H. The van der Waals surface area contributed by atoms with Crippen LogP contribution in [0.25, 0.3) is 0 Å². The van der Waals surface area contributed by atoms with Crippen LogP contribution < -0.4 is 10.6 Å². The van der Waals surface area contributed by atoms with Gasteiger partial charge in [-0.3, -0.25) is 4.68 Å². The van der Waals surface area contributed by atoms with Gasteiger partial charge in [0.2, 0.25) is 0 Å². The summed E-state index contributed by atoms with van der Waals surface area (Å²) >= 11 is 0. The van der Waals surface area contributed by atoms with Gasteiger partial charge in [0.05, 0.1) is 18.8 Å². The average molecular weight is 455 g/mol. The lowest BCUT2D eigenvalue weighted by molar-refractivity contribution is 0.658. The molecule has 6 heteroatoms. The molecule has 2 rings (SSSR count). The summed E-state index contributed by atoms with van der Waals surface area (Å²) < 4.78 is 2.07. The molecule has 0 unspecified atom stereocenters. The minimum Gasteiger partial charge on any atom is -0.357 e. The number of aliphatic imine (C=N–C) groups is 1. The van der Waals surface area contributed by atoms with Gasteiger partial charge in [-0.1, -0.05) is 37.3 Å². The third kappa shape index (κ3) is 6.34. The van der Waals surface area contributed by atoms with E-state index in [1.165, 1.54) is 16.8 Å². The van der Waals surface area contributed by atoms with Crippen molar-refractivity contribution in [3.8, 4) is 0 Å². The number of halogens is 1. The van der Waals surface area contributed by atoms with Crippen molar-refractivity contribution in [2.45, 2.75) is 47.2 Å². The Kier molecular flexibility index (Phi) is 9.55. The van der Waals surface area contributed by atoms with Crippen LogP contribution in [0.3, 0.4) is 0 Å². The van der Waals surface area contributed by atoms with Crippen LogP contribution in [-0.4, -0.2) is 28.8 Å². The lowest BCUT2D eigenvalue weighted by Crippen LogP contribution is -2.37. The lowest BCUT2D eigenvalue weighted by Gasteiger charge is -2.10. The summed E-state index contributed by atoms with van der Waals surface area (Å²) in [6.07, 6.45) is 1.08. The number of hydrogen-bond acceptors (Lipinski definition) is 2. The zero-order valence-corrected chi connectivity index (χ0v) is 18.0. The van der Waals surface area contributed by atoms with Gasteiger partial charge in [-0.15, -0.1) is 24.0 Å². The third-order valence-corrected chi connectivity index (χ3v) is 3.99. The maximum atomic E-state index is 4.70. The van der Waals surface area contributed by atoms with E-state index in [1.807, 2.05) is 6.07 Å². The number of aromatic nitrogens is 2. The van der Waals surface area contributed by atoms with Crippen LogP contribution in [0, 0.1) is 13.8 Å². The molecule has 1 aromatic carbocycles. The highest BCUT2D eigenvalue weighted by Crippen LogP contribution is 2.15. The van der Waals surface area contributed by atoms with Crippen molar-refractivity contribution in [1.82, 2.24) is 20.4 Å². The van der Waals surface area contributed by atoms with E-state index in [0.717, 1.165) is 37.7 Å². The first-order chi connectivity index (χ1) is 11.7. The molecular weight excluding hydrogens is 425 g/mol. The molecule has 2 aromatic rings. The van der Waals surface area contributed by atoms with Gasteiger partial charge in [0, 0.05) is 24.3 Å². The van der Waals surface area contributed by atoms with Crippen molar-refractivity contribution in [3.63, 3.8) is 0 Å². The third-order valence-electron chi connectivity index (χ3n) is 3.99. The van der Waals surface area contributed by atoms with Gasteiger partial charge in [0.15, 0.2) is 5.96 Å². The molecular formula is C19H30IN5. The van der Waals surface area contributed by atoms with Gasteiger partial charge in [-0.25, -0.2) is 4.99 Å². The fourth-order valence-electron chi connectivity index (χ4n) is 2.62. The summed E-state index contributed by atoms with van der Waals surface area (Å²) in [5, 5.41) is 11.3. The second-order valence-corrected chi connectivity index (χ2v) is 5.91. The van der Waals surface area contributed by atoms with Gasteiger partial charge in [0.25, 0.3) is 0 Å². The first-order valence-electron chi connectivity index (χ1n) is 8.74. The molecule has 0 spiro atoms. The smallest absolute Gasteiger partial charge is 0.191 e. The molecule has 138 valence electrons. The molecule has 0 bridgehead atoms. The molecule has 0 radical (unpaired) electrons. The van der Waals surface area contributed by atoms with Crippen molar-refractivity contribution in [1.29, 1.82) is 0 Å². The summed E-state index contributed by atoms with van der Waals surface area (Å²) in [4.78, 5) is 4.70. The molecule has 25 heavy (non-hydrogen) atoms. The molecule has 0 aliphatic heterocycles. The van der Waals surface area contributed by atoms with Crippen LogP contribution in [0.5, 0.6) is 0 Å². The second-order valence-electron chi connectivity index (χ2n) is 5.91. The van der Waals surface area contributed by atoms with Crippen LogP contribution >= 0.6 is 24.0 Å². The zero-order chi connectivity index (χ0) is 17.4. The van der Waals surface area contributed by atoms with E-state index in [4.69, 9.17) is 10.1 Å². The van der Waals surface area contributed by atoms with Gasteiger partial charge >= 0.3 is 0 Å². The molecule has 0 aliphatic carbocycles. The minimum absolute atomic E-state index is 0. The van der Waals surface area contributed by atoms with E-state index in [9.17, 15) is 0 Å². The average Bonchev–Trinajstić information content (AvgIpc) is 2.85. The monoisotopic (exact) mass is 455 g/mol. The Labute approximate surface area is 168 Å². The van der Waals surface area contributed by atoms with Crippen molar-refractivity contribution in [3.05, 3.63) is 52.8 Å². The predicted molar refractivity (Wildman–Crippen MR) is 116 cm³/mol. The summed E-state index contributed by atoms with van der Waals surface area (Å²) in [6.45, 7) is 11.6. The molecule has 0 saturated carbocycles. The van der Waals surface area contributed by atoms with Gasteiger partial charge in [-0.05, 0) is 32.8 Å². The van der Waals surface area contributed by atoms with E-state index in [2.05, 4.69) is 67.3 Å². The predicted octanol–water partition coefficient (Wildman–Crippen LogP) is 3.63. The molecule has 0 saturated heterocycles. The molecule has 0 aliphatic rings. The van der Waals surface area contributed by atoms with Crippen LogP contribution in [0.4, 0.5) is 0 Å². The van der Waals surface area contributed by atoms with Crippen LogP contribution in [0.15, 0.2) is 35.3 Å². The Morgan fingerprint density at radius 3 is 2.48 bits per heavy atom. The number of nitrogens with zero attached hydrogens (tertiary/aromatic N) is 3. The molecule has 0 atom stereocenters. The fourth-order valence-corrected chi connectivity index (χ4v) is 2.62. The van der Waals surface area contributed by atoms with Crippen molar-refractivity contribution in [2.75, 3.05) is 13.1 Å². The summed E-state index contributed by atoms with van der Waals surface area (Å²) in [7, 11) is 0. The Morgan fingerprint density at radius 2 is 1.84 bits per heavy atom. The SMILES string of the molecule is CCCNC(=NCc1c(C)nn(Cc2ccccc2)c1C)NCC.I. The summed E-state index contributed by atoms with van der Waals surface area (Å²) in [5.41, 5.74) is 4.71. The Morgan fingerprint density at radius 1 is 1.12 bits per heavy atom. The van der Waals surface area contributed by atoms with E-state index in [0.29, 0.717) is 6.54 Å². The first kappa shape index (κ1) is 21.5. The van der Waals surface area contributed by atoms with E-state index in [-0.39, 0.29) is 24.0 Å². The largest absolute Gasteiger partial charge is 0.357 e. The fraction of sp³-hybridized carbons (Fsp3) is 0.474. The van der Waals surface area contributed by atoms with Gasteiger partial charge < -0.3 is 10.6 Å². The highest BCUT2D eigenvalue weighted by molar-refractivity contribution is 14.0. The molecule has 1 aromatic heterocycles. The quantitative estimate of drug-likeness (QED) is 0.381. The molecule has 0 fully saturated rings. The topological polar surface area (TPSA) is 54.2 Å². The highest BCUT2D eigenvalue weighted by Gasteiger charge is 2.11. The van der Waals surface area contributed by atoms with E-state index in [1.54, 1.807) is 0 Å². The van der Waals surface area contributed by atoms with E-state index < -0.39 is 0 Å². The Hall–Kier alpha value is -1.57. The molecule has 2 N–H and O–H groups in total. The highest BCUT2D eigenvalue weighted by atomic mass is 127. The van der Waals surface area contributed by atoms with Crippen LogP contribution in [0.2, 0.25) is 0 Å². The number of benzene rings is 1. The lowest BCUT2D eigenvalue weighted by atomic mass is 10.2. The van der Waals surface area contributed by atoms with Gasteiger partial charge in [0.1, 0.15) is 0 Å². The van der Waals surface area contributed by atoms with Crippen molar-refractivity contribution < 1.29 is 0 Å². The number of rotatable bonds is 7. The maximum absolute atomic E-state index is 4.70. The molecule has 1 heterocycles. The number of hydrogen-bond donors (Lipinski definition) is 2. The zero-order valence-electron chi connectivity index (χ0n) is 15.7. The Balaban J connectivity index is 0.00000312. The number of nitrogens with one attached hydrogen (secondary N) is 2. The minimum atomic E-state index is 0. The number of guanidine groups is 1. The van der Waals surface area contributed by atoms with Crippen LogP contribution in [0.1, 0.15) is 42.8 Å². The number of aryl methyl sites for hydroxylation is 1. The normalized spacial score (nSPS) is 11.1. The second kappa shape index (κ2) is 11.1. The first-order valence-corrected chi connectivity index (χ1v) is 8.74. The van der Waals surface area contributed by atoms with Gasteiger partial charge in [-0.2, -0.15) is 5.10 Å². The summed E-state index contributed by atoms with van der Waals surface area (Å²) in [6, 6.07) is 10.4. The summed E-state index contributed by atoms with van der Waals surface area (Å²) in [5.74, 6) is 0.869.